The fraction of sp³-hybridized carbons (Fsp3) is 0.611. The first-order valence-corrected chi connectivity index (χ1v) is 9.06. The molecule has 8 nitrogen and oxygen atoms in total. The fourth-order valence-electron chi connectivity index (χ4n) is 3.74. The fourth-order valence-corrected chi connectivity index (χ4v) is 3.74. The Hall–Kier alpha value is -2.19. The summed E-state index contributed by atoms with van der Waals surface area (Å²) in [6.45, 7) is 4.96. The Bertz CT molecular complexity index is 707. The molecular formula is C18H23N3O5. The number of imide groups is 1. The van der Waals surface area contributed by atoms with Gasteiger partial charge in [0.05, 0.1) is 24.6 Å². The van der Waals surface area contributed by atoms with Crippen molar-refractivity contribution in [2.45, 2.75) is 44.5 Å². The van der Waals surface area contributed by atoms with Crippen LogP contribution >= 0.6 is 0 Å². The molecule has 0 bridgehead atoms. The lowest BCUT2D eigenvalue weighted by Gasteiger charge is -2.39. The number of ether oxygens (including phenoxy) is 3. The maximum absolute atomic E-state index is 11.8. The quantitative estimate of drug-likeness (QED) is 0.801. The van der Waals surface area contributed by atoms with Crippen molar-refractivity contribution in [1.29, 1.82) is 0 Å². The number of piperidine rings is 2. The molecule has 4 rings (SSSR count). The third kappa shape index (κ3) is 3.39. The van der Waals surface area contributed by atoms with Gasteiger partial charge in [-0.3, -0.25) is 14.9 Å². The highest BCUT2D eigenvalue weighted by Gasteiger charge is 2.40. The van der Waals surface area contributed by atoms with E-state index in [4.69, 9.17) is 14.2 Å². The van der Waals surface area contributed by atoms with E-state index in [2.05, 4.69) is 15.2 Å². The number of rotatable bonds is 3. The van der Waals surface area contributed by atoms with Gasteiger partial charge in [-0.1, -0.05) is 0 Å². The van der Waals surface area contributed by atoms with Crippen LogP contribution in [0.5, 0.6) is 5.88 Å². The van der Waals surface area contributed by atoms with Crippen molar-refractivity contribution in [2.24, 2.45) is 0 Å². The first-order chi connectivity index (χ1) is 12.5. The molecule has 4 heterocycles. The third-order valence-corrected chi connectivity index (χ3v) is 5.16. The number of hydrogen-bond donors (Lipinski definition) is 1. The van der Waals surface area contributed by atoms with Gasteiger partial charge in [0, 0.05) is 44.8 Å². The minimum atomic E-state index is -0.669. The Balaban J connectivity index is 1.40. The van der Waals surface area contributed by atoms with Crippen LogP contribution in [-0.4, -0.2) is 55.0 Å². The van der Waals surface area contributed by atoms with E-state index in [1.54, 1.807) is 6.07 Å². The highest BCUT2D eigenvalue weighted by Crippen LogP contribution is 2.34. The molecule has 1 unspecified atom stereocenters. The number of nitrogens with zero attached hydrogens (tertiary/aromatic N) is 2. The van der Waals surface area contributed by atoms with Gasteiger partial charge in [0.25, 0.3) is 5.91 Å². The molecule has 8 heteroatoms. The average Bonchev–Trinajstić information content (AvgIpc) is 3.07. The van der Waals surface area contributed by atoms with Crippen LogP contribution < -0.4 is 15.0 Å². The van der Waals surface area contributed by atoms with Gasteiger partial charge in [-0.05, 0) is 13.0 Å². The number of nitrogens with one attached hydrogen (secondary N) is 1. The summed E-state index contributed by atoms with van der Waals surface area (Å²) in [5.41, 5.74) is 1.90. The molecule has 1 aromatic heterocycles. The van der Waals surface area contributed by atoms with Crippen molar-refractivity contribution < 1.29 is 23.8 Å². The molecule has 0 aromatic carbocycles. The normalized spacial score (nSPS) is 25.4. The van der Waals surface area contributed by atoms with Gasteiger partial charge in [-0.2, -0.15) is 0 Å². The summed E-state index contributed by atoms with van der Waals surface area (Å²) in [4.78, 5) is 29.8. The van der Waals surface area contributed by atoms with Gasteiger partial charge in [-0.15, -0.1) is 0 Å². The summed E-state index contributed by atoms with van der Waals surface area (Å²) in [6.07, 6.45) is 1.66. The Labute approximate surface area is 151 Å². The highest BCUT2D eigenvalue weighted by molar-refractivity contribution is 5.99. The van der Waals surface area contributed by atoms with Gasteiger partial charge in [0.1, 0.15) is 0 Å². The lowest BCUT2D eigenvalue weighted by Crippen LogP contribution is -2.46. The van der Waals surface area contributed by atoms with E-state index in [9.17, 15) is 9.59 Å². The molecule has 3 aliphatic heterocycles. The Morgan fingerprint density at radius 2 is 1.96 bits per heavy atom. The van der Waals surface area contributed by atoms with Crippen molar-refractivity contribution in [3.05, 3.63) is 17.8 Å². The van der Waals surface area contributed by atoms with Crippen LogP contribution in [0.3, 0.4) is 0 Å². The number of anilines is 1. The summed E-state index contributed by atoms with van der Waals surface area (Å²) in [5.74, 6) is -0.654. The molecule has 0 saturated carbocycles. The predicted molar refractivity (Wildman–Crippen MR) is 91.9 cm³/mol. The van der Waals surface area contributed by atoms with Gasteiger partial charge in [0.2, 0.25) is 11.8 Å². The number of carbonyl (C=O) groups is 2. The van der Waals surface area contributed by atoms with Crippen LogP contribution in [0.1, 0.15) is 31.4 Å². The minimum absolute atomic E-state index is 0.257. The maximum Gasteiger partial charge on any atom is 0.267 e. The molecule has 1 spiro atoms. The SMILES string of the molecule is Cc1nc(OC2CCC(=O)NC2=O)ccc1N1CCC2(CC1)OCCO2. The lowest BCUT2D eigenvalue weighted by atomic mass is 10.0. The van der Waals surface area contributed by atoms with Crippen molar-refractivity contribution in [2.75, 3.05) is 31.2 Å². The van der Waals surface area contributed by atoms with Crippen LogP contribution in [-0.2, 0) is 19.1 Å². The van der Waals surface area contributed by atoms with E-state index < -0.39 is 17.8 Å². The van der Waals surface area contributed by atoms with E-state index in [1.165, 1.54) is 0 Å². The summed E-state index contributed by atoms with van der Waals surface area (Å²) < 4.78 is 17.2. The van der Waals surface area contributed by atoms with Crippen LogP contribution in [0.2, 0.25) is 0 Å². The van der Waals surface area contributed by atoms with Gasteiger partial charge >= 0.3 is 0 Å². The zero-order chi connectivity index (χ0) is 18.1. The topological polar surface area (TPSA) is 90.0 Å². The Kier molecular flexibility index (Phi) is 4.54. The van der Waals surface area contributed by atoms with Crippen LogP contribution in [0.4, 0.5) is 5.69 Å². The van der Waals surface area contributed by atoms with Crippen LogP contribution in [0, 0.1) is 6.92 Å². The monoisotopic (exact) mass is 361 g/mol. The zero-order valence-electron chi connectivity index (χ0n) is 14.8. The van der Waals surface area contributed by atoms with Gasteiger partial charge in [0.15, 0.2) is 11.9 Å². The molecule has 1 N–H and O–H groups in total. The van der Waals surface area contributed by atoms with E-state index in [-0.39, 0.29) is 12.3 Å². The number of aryl methyl sites for hydroxylation is 1. The van der Waals surface area contributed by atoms with Gasteiger partial charge in [-0.25, -0.2) is 4.98 Å². The van der Waals surface area contributed by atoms with E-state index in [0.717, 1.165) is 37.3 Å². The van der Waals surface area contributed by atoms with Crippen molar-refractivity contribution in [1.82, 2.24) is 10.3 Å². The Morgan fingerprint density at radius 1 is 1.23 bits per heavy atom. The van der Waals surface area contributed by atoms with Crippen molar-refractivity contribution in [3.63, 3.8) is 0 Å². The highest BCUT2D eigenvalue weighted by atomic mass is 16.7. The largest absolute Gasteiger partial charge is 0.464 e. The van der Waals surface area contributed by atoms with Crippen molar-refractivity contribution in [3.8, 4) is 5.88 Å². The Morgan fingerprint density at radius 3 is 2.62 bits per heavy atom. The first kappa shape index (κ1) is 17.2. The molecule has 26 heavy (non-hydrogen) atoms. The number of carbonyl (C=O) groups excluding carboxylic acids is 2. The second kappa shape index (κ2) is 6.85. The molecule has 2 amide bonds. The number of aromatic nitrogens is 1. The molecule has 0 aliphatic carbocycles. The number of hydrogen-bond acceptors (Lipinski definition) is 7. The third-order valence-electron chi connectivity index (χ3n) is 5.16. The predicted octanol–water partition coefficient (Wildman–Crippen LogP) is 0.917. The molecule has 3 fully saturated rings. The second-order valence-electron chi connectivity index (χ2n) is 6.91. The first-order valence-electron chi connectivity index (χ1n) is 9.06. The molecule has 140 valence electrons. The van der Waals surface area contributed by atoms with E-state index >= 15 is 0 Å². The minimum Gasteiger partial charge on any atom is -0.464 e. The molecule has 1 aromatic rings. The van der Waals surface area contributed by atoms with Gasteiger partial charge < -0.3 is 19.1 Å². The second-order valence-corrected chi connectivity index (χ2v) is 6.91. The molecule has 1 atom stereocenters. The average molecular weight is 361 g/mol. The lowest BCUT2D eigenvalue weighted by molar-refractivity contribution is -0.169. The summed E-state index contributed by atoms with van der Waals surface area (Å²) in [5, 5.41) is 2.29. The standard InChI is InChI=1S/C18H23N3O5/c1-12-13(21-8-6-18(7-9-21)24-10-11-25-18)2-5-16(19-12)26-14-3-4-15(22)20-17(14)23/h2,5,14H,3-4,6-11H2,1H3,(H,20,22,23). The van der Waals surface area contributed by atoms with E-state index in [0.29, 0.717) is 25.5 Å². The smallest absolute Gasteiger partial charge is 0.267 e. The zero-order valence-corrected chi connectivity index (χ0v) is 14.8. The van der Waals surface area contributed by atoms with Crippen LogP contribution in [0.25, 0.3) is 0 Å². The van der Waals surface area contributed by atoms with E-state index in [1.807, 2.05) is 13.0 Å². The number of amides is 2. The number of pyridine rings is 1. The van der Waals surface area contributed by atoms with Crippen molar-refractivity contribution >= 4 is 17.5 Å². The van der Waals surface area contributed by atoms with Crippen LogP contribution in [0.15, 0.2) is 12.1 Å². The summed E-state index contributed by atoms with van der Waals surface area (Å²) >= 11 is 0. The summed E-state index contributed by atoms with van der Waals surface area (Å²) in [6, 6.07) is 3.75. The summed E-state index contributed by atoms with van der Waals surface area (Å²) in [7, 11) is 0. The molecule has 0 radical (unpaired) electrons. The molecule has 3 aliphatic rings. The molecule has 3 saturated heterocycles. The maximum atomic E-state index is 11.8. The molecular weight excluding hydrogens is 338 g/mol.